The van der Waals surface area contributed by atoms with E-state index in [1.165, 1.54) is 48.7 Å². The van der Waals surface area contributed by atoms with E-state index >= 15 is 8.78 Å². The quantitative estimate of drug-likeness (QED) is 0.0626. The summed E-state index contributed by atoms with van der Waals surface area (Å²) in [6, 6.07) is 14.9. The zero-order chi connectivity index (χ0) is 65.7. The number of anilines is 2. The fourth-order valence-electron chi connectivity index (χ4n) is 13.4. The van der Waals surface area contributed by atoms with Crippen molar-refractivity contribution in [2.24, 2.45) is 18.9 Å². The molecule has 0 radical (unpaired) electrons. The third-order valence-electron chi connectivity index (χ3n) is 18.6. The zero-order valence-corrected chi connectivity index (χ0v) is 54.5. The molecule has 24 nitrogen and oxygen atoms in total. The predicted molar refractivity (Wildman–Crippen MR) is 348 cm³/mol. The number of aryl methyl sites for hydroxylation is 1. The van der Waals surface area contributed by atoms with E-state index in [0.717, 1.165) is 55.8 Å². The number of thiazole rings is 1. The van der Waals surface area contributed by atoms with Crippen LogP contribution < -0.4 is 15.8 Å². The molecule has 11 rings (SSSR count). The van der Waals surface area contributed by atoms with Gasteiger partial charge in [0.25, 0.3) is 0 Å². The number of esters is 1. The number of likely N-dealkylation sites (N-methyl/N-ethyl adjacent to an activating group) is 1. The van der Waals surface area contributed by atoms with Crippen LogP contribution >= 0.6 is 11.3 Å². The first-order valence-corrected chi connectivity index (χ1v) is 34.4. The molecule has 7 aromatic rings. The first kappa shape index (κ1) is 66.0. The summed E-state index contributed by atoms with van der Waals surface area (Å²) in [5.74, 6) is -2.67. The molecule has 4 aliphatic heterocycles. The van der Waals surface area contributed by atoms with Gasteiger partial charge in [0.05, 0.1) is 69.3 Å². The van der Waals surface area contributed by atoms with E-state index in [2.05, 4.69) is 34.7 Å². The topological polar surface area (TPSA) is 286 Å². The van der Waals surface area contributed by atoms with Gasteiger partial charge in [-0.05, 0) is 119 Å². The predicted octanol–water partition coefficient (Wildman–Crippen LogP) is 6.77. The van der Waals surface area contributed by atoms with Gasteiger partial charge in [-0.1, -0.05) is 25.1 Å². The summed E-state index contributed by atoms with van der Waals surface area (Å²) >= 11 is 1.39. The summed E-state index contributed by atoms with van der Waals surface area (Å²) in [6.07, 6.45) is 9.38. The molecule has 5 amide bonds. The number of nitrogens with one attached hydrogen (secondary N) is 2. The van der Waals surface area contributed by atoms with Crippen molar-refractivity contribution < 1.29 is 50.7 Å². The van der Waals surface area contributed by atoms with Gasteiger partial charge in [0, 0.05) is 119 Å². The molecule has 28 heteroatoms. The number of nitrogens with zero attached hydrogens (tertiary/aromatic N) is 12. The van der Waals surface area contributed by atoms with Gasteiger partial charge < -0.3 is 40.3 Å². The Labute approximate surface area is 542 Å². The third-order valence-corrected chi connectivity index (χ3v) is 21.3. The molecule has 8 heterocycles. The molecule has 93 heavy (non-hydrogen) atoms. The maximum atomic E-state index is 16.2. The summed E-state index contributed by atoms with van der Waals surface area (Å²) in [7, 11) is 0.711. The second-order valence-electron chi connectivity index (χ2n) is 24.8. The number of nitrogens with two attached hydrogens (primary N) is 1. The lowest BCUT2D eigenvalue weighted by Crippen LogP contribution is -2.47. The number of fused-ring (bicyclic) bond motifs is 2. The first-order valence-electron chi connectivity index (χ1n) is 31.9. The molecular formula is C65H79F2N15O9S2. The average molecular weight is 1320 g/mol. The second kappa shape index (κ2) is 28.8. The van der Waals surface area contributed by atoms with Crippen molar-refractivity contribution in [3.63, 3.8) is 0 Å². The van der Waals surface area contributed by atoms with Crippen LogP contribution in [-0.2, 0) is 57.1 Å². The van der Waals surface area contributed by atoms with E-state index < -0.39 is 39.4 Å². The molecule has 4 N–H and O–H groups in total. The van der Waals surface area contributed by atoms with Gasteiger partial charge in [0.15, 0.2) is 5.82 Å². The second-order valence-corrected chi connectivity index (χ2v) is 27.6. The number of benzene rings is 3. The van der Waals surface area contributed by atoms with Crippen molar-refractivity contribution in [3.05, 3.63) is 89.3 Å². The lowest BCUT2D eigenvalue weighted by atomic mass is 9.88. The maximum Gasteiger partial charge on any atom is 0.325 e. The standard InChI is InChI=1S/C65H79F2N15O9S2/c1-5-32-93(89,90)75-49-10-6-9-46(59(49)67)61-62(50-14-23-69-65(68)72-50)92-63(73-61)42-21-30-81(31-22-42)64(88)43-17-24-78(25-18-43)37-40-15-26-79(27-16-40)54(84)12-13-55(85)80-28-19-41(20-29-80)60-58-45(47-34-52-44(33-48(47)66)35-71-77(52)3)8-7-11-51(58)82(74-60)39-56(86)76(2)38-53(83)70-36-57(87)91-4/h6-11,14,23,33-35,40-43,75H,5,12-13,15-22,24-32,36-39H2,1-4H3,(H,70,83)(H2,68,69,72). The highest BCUT2D eigenvalue weighted by molar-refractivity contribution is 7.92. The van der Waals surface area contributed by atoms with E-state index in [0.29, 0.717) is 127 Å². The number of hydrogen-bond donors (Lipinski definition) is 3. The molecule has 0 aliphatic carbocycles. The number of carbonyl (C=O) groups is 6. The van der Waals surface area contributed by atoms with Gasteiger partial charge in [0.1, 0.15) is 18.9 Å². The Bertz CT molecular complexity index is 4050. The van der Waals surface area contributed by atoms with Crippen molar-refractivity contribution in [1.82, 2.24) is 64.3 Å². The lowest BCUT2D eigenvalue weighted by Gasteiger charge is -2.39. The van der Waals surface area contributed by atoms with Gasteiger partial charge in [-0.2, -0.15) is 10.2 Å². The Kier molecular flexibility index (Phi) is 20.4. The zero-order valence-electron chi connectivity index (χ0n) is 52.8. The van der Waals surface area contributed by atoms with Crippen LogP contribution in [0, 0.1) is 23.5 Å². The summed E-state index contributed by atoms with van der Waals surface area (Å²) < 4.78 is 67.8. The molecule has 0 bridgehead atoms. The van der Waals surface area contributed by atoms with Crippen LogP contribution in [0.4, 0.5) is 20.4 Å². The highest BCUT2D eigenvalue weighted by atomic mass is 32.2. The Morgan fingerprint density at radius 1 is 0.796 bits per heavy atom. The molecule has 0 saturated carbocycles. The van der Waals surface area contributed by atoms with Crippen molar-refractivity contribution in [2.75, 3.05) is 102 Å². The highest BCUT2D eigenvalue weighted by Crippen LogP contribution is 2.44. The number of hydrogen-bond acceptors (Lipinski definition) is 17. The smallest absolute Gasteiger partial charge is 0.325 e. The number of methoxy groups -OCH3 is 1. The number of ether oxygens (including phenoxy) is 1. The van der Waals surface area contributed by atoms with Crippen molar-refractivity contribution in [3.8, 4) is 33.0 Å². The van der Waals surface area contributed by atoms with Crippen LogP contribution in [0.25, 0.3) is 54.8 Å². The number of carbonyl (C=O) groups excluding carboxylic acids is 6. The third kappa shape index (κ3) is 15.1. The van der Waals surface area contributed by atoms with Crippen LogP contribution in [-0.4, -0.2) is 195 Å². The maximum absolute atomic E-state index is 16.2. The summed E-state index contributed by atoms with van der Waals surface area (Å²) in [6.45, 7) is 6.59. The summed E-state index contributed by atoms with van der Waals surface area (Å²) in [5.41, 5.74) is 9.68. The molecule has 4 saturated heterocycles. The van der Waals surface area contributed by atoms with Gasteiger partial charge in [-0.15, -0.1) is 11.3 Å². The minimum atomic E-state index is -3.77. The number of sulfonamides is 1. The lowest BCUT2D eigenvalue weighted by molar-refractivity contribution is -0.141. The molecule has 4 fully saturated rings. The van der Waals surface area contributed by atoms with Crippen molar-refractivity contribution >= 4 is 90.3 Å². The van der Waals surface area contributed by atoms with Crippen LogP contribution in [0.5, 0.6) is 0 Å². The average Bonchev–Trinajstić information content (AvgIpc) is 1.64. The van der Waals surface area contributed by atoms with Gasteiger partial charge >= 0.3 is 5.97 Å². The Morgan fingerprint density at radius 3 is 2.15 bits per heavy atom. The van der Waals surface area contributed by atoms with Gasteiger partial charge in [-0.25, -0.2) is 32.2 Å². The molecule has 3 aromatic carbocycles. The van der Waals surface area contributed by atoms with E-state index in [4.69, 9.17) is 15.8 Å². The van der Waals surface area contributed by atoms with Crippen LogP contribution in [0.15, 0.2) is 67.0 Å². The summed E-state index contributed by atoms with van der Waals surface area (Å²) in [4.78, 5) is 103. The number of aromatic nitrogens is 7. The Balaban J connectivity index is 0.637. The van der Waals surface area contributed by atoms with E-state index in [1.54, 1.807) is 64.8 Å². The van der Waals surface area contributed by atoms with Crippen LogP contribution in [0.1, 0.15) is 100 Å². The molecule has 0 atom stereocenters. The Hall–Kier alpha value is -8.50. The van der Waals surface area contributed by atoms with E-state index in [1.807, 2.05) is 21.9 Å². The first-order chi connectivity index (χ1) is 44.7. The Morgan fingerprint density at radius 2 is 1.46 bits per heavy atom. The summed E-state index contributed by atoms with van der Waals surface area (Å²) in [5, 5.41) is 13.9. The van der Waals surface area contributed by atoms with Gasteiger partial charge in [0.2, 0.25) is 45.5 Å². The minimum Gasteiger partial charge on any atom is -0.468 e. The fraction of sp³-hybridized carbons (Fsp3) is 0.492. The molecule has 4 aliphatic rings. The normalized spacial score (nSPS) is 16.7. The molecule has 0 spiro atoms. The number of halogens is 2. The molecule has 4 aromatic heterocycles. The largest absolute Gasteiger partial charge is 0.468 e. The van der Waals surface area contributed by atoms with Crippen LogP contribution in [0.2, 0.25) is 0 Å². The number of rotatable bonds is 21. The molecular weight excluding hydrogens is 1240 g/mol. The monoisotopic (exact) mass is 1320 g/mol. The van der Waals surface area contributed by atoms with Crippen LogP contribution in [0.3, 0.4) is 0 Å². The number of nitrogen functional groups attached to an aromatic ring is 1. The highest BCUT2D eigenvalue weighted by Gasteiger charge is 2.36. The fourth-order valence-corrected chi connectivity index (χ4v) is 15.7. The van der Waals surface area contributed by atoms with E-state index in [9.17, 15) is 37.2 Å². The van der Waals surface area contributed by atoms with E-state index in [-0.39, 0.29) is 90.9 Å². The minimum absolute atomic E-state index is 0.00153. The van der Waals surface area contributed by atoms with Crippen molar-refractivity contribution in [1.29, 1.82) is 0 Å². The van der Waals surface area contributed by atoms with Gasteiger partial charge in [-0.3, -0.25) is 42.9 Å². The number of amides is 5. The number of likely N-dealkylation sites (tertiary alicyclic amines) is 4. The number of piperidine rings is 4. The SMILES string of the molecule is CCCS(=O)(=O)Nc1cccc(-c2nc(C3CCN(C(=O)C4CCN(CC5CCN(C(=O)CCC(=O)N6CCC(c7nn(CC(=O)N(C)CC(=O)NCC(=O)OC)c8cccc(-c9cc%10c(cnn%10C)cc9F)c78)CC6)CC5)CC4)CC3)sc2-c2ccnc(N)n2)c1F. The molecule has 494 valence electrons. The molecule has 0 unspecified atom stereocenters. The van der Waals surface area contributed by atoms with Crippen molar-refractivity contribution in [2.45, 2.75) is 95.9 Å².